The Kier molecular flexibility index (Phi) is 5.75. The third-order valence-electron chi connectivity index (χ3n) is 4.21. The van der Waals surface area contributed by atoms with Crippen molar-refractivity contribution in [3.05, 3.63) is 47.7 Å². The van der Waals surface area contributed by atoms with Gasteiger partial charge in [-0.3, -0.25) is 4.79 Å². The van der Waals surface area contributed by atoms with Crippen molar-refractivity contribution in [1.29, 1.82) is 0 Å². The highest BCUT2D eigenvalue weighted by molar-refractivity contribution is 8.00. The first-order valence-electron chi connectivity index (χ1n) is 8.57. The number of fused-ring (bicyclic) bond motifs is 3. The topological polar surface area (TPSA) is 73.3 Å². The molecule has 2 aromatic carbocycles. The van der Waals surface area contributed by atoms with E-state index in [0.29, 0.717) is 22.2 Å². The molecule has 29 heavy (non-hydrogen) atoms. The van der Waals surface area contributed by atoms with Gasteiger partial charge in [0.15, 0.2) is 0 Å². The fourth-order valence-electron chi connectivity index (χ4n) is 2.88. The van der Waals surface area contributed by atoms with Gasteiger partial charge in [-0.1, -0.05) is 41.6 Å². The Labute approximate surface area is 180 Å². The van der Waals surface area contributed by atoms with Gasteiger partial charge in [0.2, 0.25) is 5.91 Å². The van der Waals surface area contributed by atoms with Gasteiger partial charge in [-0.15, -0.1) is 11.3 Å². The Morgan fingerprint density at radius 1 is 1.17 bits per heavy atom. The lowest BCUT2D eigenvalue weighted by Gasteiger charge is -2.13. The average molecular weight is 446 g/mol. The van der Waals surface area contributed by atoms with E-state index in [2.05, 4.69) is 21.4 Å². The van der Waals surface area contributed by atoms with Crippen molar-refractivity contribution >= 4 is 66.6 Å². The molecular weight excluding hydrogens is 430 g/mol. The molecule has 0 saturated heterocycles. The summed E-state index contributed by atoms with van der Waals surface area (Å²) in [5.74, 6) is 0.942. The monoisotopic (exact) mass is 445 g/mol. The van der Waals surface area contributed by atoms with Crippen LogP contribution in [0, 0.1) is 0 Å². The molecule has 1 N–H and O–H groups in total. The van der Waals surface area contributed by atoms with Gasteiger partial charge in [0.1, 0.15) is 22.9 Å². The summed E-state index contributed by atoms with van der Waals surface area (Å²) >= 11 is 9.16. The van der Waals surface area contributed by atoms with E-state index in [1.54, 1.807) is 23.5 Å². The van der Waals surface area contributed by atoms with Crippen LogP contribution in [0.2, 0.25) is 5.02 Å². The molecule has 9 heteroatoms. The summed E-state index contributed by atoms with van der Waals surface area (Å²) in [5, 5.41) is 5.10. The number of benzene rings is 2. The highest BCUT2D eigenvalue weighted by Gasteiger charge is 2.15. The number of amides is 1. The number of hydrogen-bond donors (Lipinski definition) is 1. The minimum absolute atomic E-state index is 0.188. The van der Waals surface area contributed by atoms with E-state index in [4.69, 9.17) is 21.1 Å². The van der Waals surface area contributed by atoms with E-state index < -0.39 is 0 Å². The zero-order valence-electron chi connectivity index (χ0n) is 15.6. The number of carbonyl (C=O) groups excluding carboxylic acids is 1. The molecule has 148 valence electrons. The van der Waals surface area contributed by atoms with Crippen molar-refractivity contribution in [2.24, 2.45) is 0 Å². The van der Waals surface area contributed by atoms with Gasteiger partial charge in [0.25, 0.3) is 0 Å². The molecule has 0 fully saturated rings. The Balaban J connectivity index is 1.53. The maximum absolute atomic E-state index is 12.5. The summed E-state index contributed by atoms with van der Waals surface area (Å²) in [6.45, 7) is 0. The highest BCUT2D eigenvalue weighted by Crippen LogP contribution is 2.38. The molecule has 0 aliphatic rings. The van der Waals surface area contributed by atoms with Crippen molar-refractivity contribution in [1.82, 2.24) is 9.97 Å². The quantitative estimate of drug-likeness (QED) is 0.323. The molecule has 4 aromatic rings. The maximum Gasteiger partial charge on any atom is 0.234 e. The van der Waals surface area contributed by atoms with Gasteiger partial charge in [-0.2, -0.15) is 0 Å². The third-order valence-corrected chi connectivity index (χ3v) is 6.79. The van der Waals surface area contributed by atoms with E-state index >= 15 is 0 Å². The first kappa shape index (κ1) is 19.8. The number of hydrogen-bond acceptors (Lipinski definition) is 7. The number of carbonyl (C=O) groups is 1. The first-order valence-corrected chi connectivity index (χ1v) is 10.7. The zero-order valence-corrected chi connectivity index (χ0v) is 18.0. The van der Waals surface area contributed by atoms with E-state index in [-0.39, 0.29) is 11.7 Å². The lowest BCUT2D eigenvalue weighted by atomic mass is 10.2. The number of methoxy groups -OCH3 is 2. The van der Waals surface area contributed by atoms with E-state index in [0.717, 1.165) is 25.3 Å². The normalized spacial score (nSPS) is 11.0. The number of nitrogens with zero attached hydrogens (tertiary/aromatic N) is 2. The molecule has 0 aliphatic carbocycles. The van der Waals surface area contributed by atoms with Gasteiger partial charge in [-0.25, -0.2) is 9.97 Å². The summed E-state index contributed by atoms with van der Waals surface area (Å²) in [6.07, 6.45) is 1.54. The SMILES string of the molecule is COc1cc(OC)c(NC(=O)CSc2ncnc3c2sc2ccccc23)cc1Cl. The largest absolute Gasteiger partial charge is 0.495 e. The van der Waals surface area contributed by atoms with Gasteiger partial charge < -0.3 is 14.8 Å². The predicted octanol–water partition coefficient (Wildman–Crippen LogP) is 5.25. The van der Waals surface area contributed by atoms with Crippen LogP contribution < -0.4 is 14.8 Å². The molecule has 0 saturated carbocycles. The van der Waals surface area contributed by atoms with Crippen molar-refractivity contribution in [3.63, 3.8) is 0 Å². The molecule has 4 rings (SSSR count). The van der Waals surface area contributed by atoms with Crippen LogP contribution in [0.4, 0.5) is 5.69 Å². The number of aromatic nitrogens is 2. The van der Waals surface area contributed by atoms with E-state index in [1.807, 2.05) is 18.2 Å². The number of ether oxygens (including phenoxy) is 2. The summed E-state index contributed by atoms with van der Waals surface area (Å²) in [4.78, 5) is 21.3. The number of halogens is 1. The number of anilines is 1. The maximum atomic E-state index is 12.5. The van der Waals surface area contributed by atoms with Crippen LogP contribution in [0.15, 0.2) is 47.8 Å². The van der Waals surface area contributed by atoms with Gasteiger partial charge >= 0.3 is 0 Å². The zero-order chi connectivity index (χ0) is 20.4. The number of nitrogens with one attached hydrogen (secondary N) is 1. The lowest BCUT2D eigenvalue weighted by molar-refractivity contribution is -0.113. The van der Waals surface area contributed by atoms with Crippen molar-refractivity contribution in [3.8, 4) is 11.5 Å². The number of thioether (sulfide) groups is 1. The van der Waals surface area contributed by atoms with Crippen LogP contribution in [-0.2, 0) is 4.79 Å². The molecule has 0 spiro atoms. The third kappa shape index (κ3) is 3.96. The lowest BCUT2D eigenvalue weighted by Crippen LogP contribution is -2.15. The van der Waals surface area contributed by atoms with Crippen molar-refractivity contribution in [2.75, 3.05) is 25.3 Å². The summed E-state index contributed by atoms with van der Waals surface area (Å²) in [7, 11) is 3.04. The Hall–Kier alpha value is -2.55. The molecule has 0 bridgehead atoms. The van der Waals surface area contributed by atoms with E-state index in [9.17, 15) is 4.79 Å². The first-order chi connectivity index (χ1) is 14.1. The summed E-state index contributed by atoms with van der Waals surface area (Å²) in [5.41, 5.74) is 1.39. The van der Waals surface area contributed by atoms with Gasteiger partial charge in [0, 0.05) is 16.2 Å². The Morgan fingerprint density at radius 2 is 1.97 bits per heavy atom. The average Bonchev–Trinajstić information content (AvgIpc) is 3.12. The molecule has 2 heterocycles. The minimum atomic E-state index is -0.192. The second-order valence-corrected chi connectivity index (χ2v) is 8.40. The number of thiophene rings is 1. The van der Waals surface area contributed by atoms with Crippen LogP contribution in [0.3, 0.4) is 0 Å². The van der Waals surface area contributed by atoms with Crippen molar-refractivity contribution in [2.45, 2.75) is 5.03 Å². The molecule has 6 nitrogen and oxygen atoms in total. The molecule has 0 radical (unpaired) electrons. The molecular formula is C20H16ClN3O3S2. The molecule has 0 atom stereocenters. The molecule has 0 aliphatic heterocycles. The minimum Gasteiger partial charge on any atom is -0.495 e. The molecule has 1 amide bonds. The second kappa shape index (κ2) is 8.44. The standard InChI is InChI=1S/C20H16ClN3O3S2/c1-26-14-8-15(27-2)13(7-12(14)21)24-17(25)9-28-20-19-18(22-10-23-20)11-5-3-4-6-16(11)29-19/h3-8,10H,9H2,1-2H3,(H,24,25). The van der Waals surface area contributed by atoms with Crippen LogP contribution in [0.25, 0.3) is 20.3 Å². The van der Waals surface area contributed by atoms with Crippen LogP contribution in [0.1, 0.15) is 0 Å². The van der Waals surface area contributed by atoms with Crippen LogP contribution in [-0.4, -0.2) is 35.8 Å². The number of rotatable bonds is 6. The Bertz CT molecular complexity index is 1210. The summed E-state index contributed by atoms with van der Waals surface area (Å²) < 4.78 is 12.6. The summed E-state index contributed by atoms with van der Waals surface area (Å²) in [6, 6.07) is 11.3. The fraction of sp³-hybridized carbons (Fsp3) is 0.150. The molecule has 0 unspecified atom stereocenters. The van der Waals surface area contributed by atoms with E-state index in [1.165, 1.54) is 32.3 Å². The Morgan fingerprint density at radius 3 is 2.76 bits per heavy atom. The molecule has 2 aromatic heterocycles. The van der Waals surface area contributed by atoms with Crippen LogP contribution >= 0.6 is 34.7 Å². The highest BCUT2D eigenvalue weighted by atomic mass is 35.5. The van der Waals surface area contributed by atoms with Gasteiger partial charge in [0.05, 0.1) is 40.9 Å². The second-order valence-electron chi connectivity index (χ2n) is 5.98. The van der Waals surface area contributed by atoms with Crippen LogP contribution in [0.5, 0.6) is 11.5 Å². The van der Waals surface area contributed by atoms with Crippen molar-refractivity contribution < 1.29 is 14.3 Å². The smallest absolute Gasteiger partial charge is 0.234 e. The predicted molar refractivity (Wildman–Crippen MR) is 119 cm³/mol. The van der Waals surface area contributed by atoms with Gasteiger partial charge in [-0.05, 0) is 12.1 Å². The fourth-order valence-corrected chi connectivity index (χ4v) is 5.16.